The smallest absolute Gasteiger partial charge is 0.322 e. The fourth-order valence-corrected chi connectivity index (χ4v) is 1.24. The van der Waals surface area contributed by atoms with E-state index < -0.39 is 18.1 Å². The van der Waals surface area contributed by atoms with E-state index in [1.54, 1.807) is 6.07 Å². The molecule has 1 rings (SSSR count). The van der Waals surface area contributed by atoms with Crippen molar-refractivity contribution < 1.29 is 9.90 Å². The zero-order valence-electron chi connectivity index (χ0n) is 7.97. The molecule has 0 amide bonds. The minimum Gasteiger partial charge on any atom is -0.480 e. The lowest BCUT2D eigenvalue weighted by Gasteiger charge is -2.16. The summed E-state index contributed by atoms with van der Waals surface area (Å²) in [6, 6.07) is 5.65. The third-order valence-electron chi connectivity index (χ3n) is 2.10. The molecule has 0 unspecified atom stereocenters. The number of carbonyl (C=O) groups is 1. The molecule has 0 bridgehead atoms. The van der Waals surface area contributed by atoms with Gasteiger partial charge in [-0.05, 0) is 12.5 Å². The fraction of sp³-hybridized carbons (Fsp3) is 0.300. The summed E-state index contributed by atoms with van der Waals surface area (Å²) in [5, 5.41) is 8.68. The average molecular weight is 194 g/mol. The Kier molecular flexibility index (Phi) is 3.22. The molecular formula is C10H14N2O2. The number of hydrogen-bond acceptors (Lipinski definition) is 3. The lowest BCUT2D eigenvalue weighted by Crippen LogP contribution is -2.40. The van der Waals surface area contributed by atoms with Crippen LogP contribution in [0.3, 0.4) is 0 Å². The molecule has 0 aliphatic heterocycles. The molecule has 14 heavy (non-hydrogen) atoms. The second kappa shape index (κ2) is 4.21. The zero-order valence-corrected chi connectivity index (χ0v) is 7.97. The van der Waals surface area contributed by atoms with Gasteiger partial charge in [0.2, 0.25) is 0 Å². The first kappa shape index (κ1) is 10.7. The van der Waals surface area contributed by atoms with E-state index in [1.807, 2.05) is 25.1 Å². The molecule has 0 heterocycles. The van der Waals surface area contributed by atoms with Gasteiger partial charge in [-0.25, -0.2) is 0 Å². The van der Waals surface area contributed by atoms with Gasteiger partial charge in [0, 0.05) is 0 Å². The van der Waals surface area contributed by atoms with Crippen LogP contribution in [0.25, 0.3) is 0 Å². The van der Waals surface area contributed by atoms with Crippen LogP contribution in [0.15, 0.2) is 24.3 Å². The van der Waals surface area contributed by atoms with Gasteiger partial charge in [0.1, 0.15) is 6.04 Å². The third-order valence-corrected chi connectivity index (χ3v) is 2.10. The lowest BCUT2D eigenvalue weighted by molar-refractivity contribution is -0.139. The number of benzene rings is 1. The van der Waals surface area contributed by atoms with Gasteiger partial charge in [-0.3, -0.25) is 4.79 Å². The Balaban J connectivity index is 2.89. The predicted octanol–water partition coefficient (Wildman–Crippen LogP) is 0.407. The number of nitrogens with two attached hydrogens (primary N) is 2. The summed E-state index contributed by atoms with van der Waals surface area (Å²) in [6.07, 6.45) is 0. The normalized spacial score (nSPS) is 14.8. The van der Waals surface area contributed by atoms with Crippen molar-refractivity contribution in [2.45, 2.75) is 19.0 Å². The van der Waals surface area contributed by atoms with Crippen molar-refractivity contribution in [2.75, 3.05) is 0 Å². The molecule has 0 radical (unpaired) electrons. The quantitative estimate of drug-likeness (QED) is 0.650. The van der Waals surface area contributed by atoms with Crippen LogP contribution in [-0.4, -0.2) is 17.1 Å². The summed E-state index contributed by atoms with van der Waals surface area (Å²) in [4.78, 5) is 10.6. The minimum atomic E-state index is -1.08. The summed E-state index contributed by atoms with van der Waals surface area (Å²) < 4.78 is 0. The van der Waals surface area contributed by atoms with E-state index >= 15 is 0 Å². The van der Waals surface area contributed by atoms with Crippen LogP contribution in [0.5, 0.6) is 0 Å². The van der Waals surface area contributed by atoms with E-state index in [0.717, 1.165) is 11.1 Å². The second-order valence-electron chi connectivity index (χ2n) is 3.30. The number of aliphatic carboxylic acids is 1. The van der Waals surface area contributed by atoms with Gasteiger partial charge in [-0.15, -0.1) is 0 Å². The average Bonchev–Trinajstić information content (AvgIpc) is 2.15. The van der Waals surface area contributed by atoms with Gasteiger partial charge >= 0.3 is 5.97 Å². The Bertz CT molecular complexity index is 339. The van der Waals surface area contributed by atoms with E-state index in [0.29, 0.717) is 0 Å². The highest BCUT2D eigenvalue weighted by molar-refractivity contribution is 5.74. The standard InChI is InChI=1S/C10H14N2O2/c1-6-3-2-4-7(5-6)8(11)9(12)10(13)14/h2-5,8-9H,11-12H2,1H3,(H,13,14)/t8-,9+/m1/s1. The summed E-state index contributed by atoms with van der Waals surface area (Å²) in [5.74, 6) is -1.08. The highest BCUT2D eigenvalue weighted by atomic mass is 16.4. The highest BCUT2D eigenvalue weighted by Crippen LogP contribution is 2.14. The molecule has 0 fully saturated rings. The largest absolute Gasteiger partial charge is 0.480 e. The van der Waals surface area contributed by atoms with E-state index in [1.165, 1.54) is 0 Å². The Morgan fingerprint density at radius 1 is 1.43 bits per heavy atom. The molecule has 0 aromatic heterocycles. The Morgan fingerprint density at radius 2 is 2.07 bits per heavy atom. The second-order valence-corrected chi connectivity index (χ2v) is 3.30. The summed E-state index contributed by atoms with van der Waals surface area (Å²) in [6.45, 7) is 1.92. The zero-order chi connectivity index (χ0) is 10.7. The van der Waals surface area contributed by atoms with Crippen LogP contribution in [0.4, 0.5) is 0 Å². The molecule has 4 heteroatoms. The van der Waals surface area contributed by atoms with Crippen LogP contribution in [0.2, 0.25) is 0 Å². The molecule has 0 saturated heterocycles. The van der Waals surface area contributed by atoms with Crippen molar-refractivity contribution in [3.05, 3.63) is 35.4 Å². The van der Waals surface area contributed by atoms with Crippen LogP contribution < -0.4 is 11.5 Å². The molecule has 4 nitrogen and oxygen atoms in total. The van der Waals surface area contributed by atoms with Crippen LogP contribution >= 0.6 is 0 Å². The van der Waals surface area contributed by atoms with Crippen molar-refractivity contribution in [1.29, 1.82) is 0 Å². The summed E-state index contributed by atoms with van der Waals surface area (Å²) in [5.41, 5.74) is 12.9. The Labute approximate surface area is 82.5 Å². The molecule has 76 valence electrons. The topological polar surface area (TPSA) is 89.3 Å². The van der Waals surface area contributed by atoms with Crippen molar-refractivity contribution >= 4 is 5.97 Å². The van der Waals surface area contributed by atoms with Crippen molar-refractivity contribution in [3.63, 3.8) is 0 Å². The maximum atomic E-state index is 10.6. The number of hydrogen-bond donors (Lipinski definition) is 3. The van der Waals surface area contributed by atoms with E-state index in [4.69, 9.17) is 16.6 Å². The molecular weight excluding hydrogens is 180 g/mol. The molecule has 1 aromatic rings. The fourth-order valence-electron chi connectivity index (χ4n) is 1.24. The predicted molar refractivity (Wildman–Crippen MR) is 53.7 cm³/mol. The third kappa shape index (κ3) is 2.31. The summed E-state index contributed by atoms with van der Waals surface area (Å²) in [7, 11) is 0. The minimum absolute atomic E-state index is 0.660. The molecule has 1 aromatic carbocycles. The first-order valence-corrected chi connectivity index (χ1v) is 4.33. The highest BCUT2D eigenvalue weighted by Gasteiger charge is 2.21. The Hall–Kier alpha value is -1.39. The molecule has 0 aliphatic carbocycles. The molecule has 2 atom stereocenters. The molecule has 0 saturated carbocycles. The van der Waals surface area contributed by atoms with Crippen molar-refractivity contribution in [1.82, 2.24) is 0 Å². The first-order chi connectivity index (χ1) is 6.52. The van der Waals surface area contributed by atoms with E-state index in [2.05, 4.69) is 0 Å². The number of carboxylic acid groups (broad SMARTS) is 1. The number of aryl methyl sites for hydroxylation is 1. The van der Waals surface area contributed by atoms with Gasteiger partial charge in [0.25, 0.3) is 0 Å². The first-order valence-electron chi connectivity index (χ1n) is 4.33. The van der Waals surface area contributed by atoms with Crippen molar-refractivity contribution in [3.8, 4) is 0 Å². The SMILES string of the molecule is Cc1cccc([C@@H](N)[C@H](N)C(=O)O)c1. The van der Waals surface area contributed by atoms with Gasteiger partial charge in [-0.1, -0.05) is 29.8 Å². The van der Waals surface area contributed by atoms with Crippen LogP contribution in [-0.2, 0) is 4.79 Å². The van der Waals surface area contributed by atoms with Gasteiger partial charge < -0.3 is 16.6 Å². The lowest BCUT2D eigenvalue weighted by atomic mass is 9.99. The van der Waals surface area contributed by atoms with E-state index in [9.17, 15) is 4.79 Å². The van der Waals surface area contributed by atoms with Crippen LogP contribution in [0, 0.1) is 6.92 Å². The van der Waals surface area contributed by atoms with E-state index in [-0.39, 0.29) is 0 Å². The Morgan fingerprint density at radius 3 is 2.57 bits per heavy atom. The van der Waals surface area contributed by atoms with Gasteiger partial charge in [0.05, 0.1) is 6.04 Å². The maximum Gasteiger partial charge on any atom is 0.322 e. The van der Waals surface area contributed by atoms with Gasteiger partial charge in [0.15, 0.2) is 0 Å². The summed E-state index contributed by atoms with van der Waals surface area (Å²) >= 11 is 0. The monoisotopic (exact) mass is 194 g/mol. The van der Waals surface area contributed by atoms with Crippen LogP contribution in [0.1, 0.15) is 17.2 Å². The van der Waals surface area contributed by atoms with Crippen molar-refractivity contribution in [2.24, 2.45) is 11.5 Å². The molecule has 5 N–H and O–H groups in total. The molecule has 0 spiro atoms. The maximum absolute atomic E-state index is 10.6. The van der Waals surface area contributed by atoms with Gasteiger partial charge in [-0.2, -0.15) is 0 Å². The number of carboxylic acids is 1. The molecule has 0 aliphatic rings. The number of rotatable bonds is 3.